The van der Waals surface area contributed by atoms with Gasteiger partial charge in [0.2, 0.25) is 11.8 Å². The van der Waals surface area contributed by atoms with Gasteiger partial charge < -0.3 is 10.6 Å². The van der Waals surface area contributed by atoms with Crippen molar-refractivity contribution < 1.29 is 9.59 Å². The molecule has 3 N–H and O–H groups in total. The Hall–Kier alpha value is -2.55. The highest BCUT2D eigenvalue weighted by Crippen LogP contribution is 2.16. The number of carbonyl (C=O) groups excluding carboxylic acids is 2. The van der Waals surface area contributed by atoms with Crippen molar-refractivity contribution in [3.8, 4) is 0 Å². The molecule has 8 nitrogen and oxygen atoms in total. The normalized spacial score (nSPS) is 10.4. The van der Waals surface area contributed by atoms with Gasteiger partial charge in [0.1, 0.15) is 0 Å². The Kier molecular flexibility index (Phi) is 6.19. The fraction of sp³-hybridized carbons (Fsp3) is 0.333. The van der Waals surface area contributed by atoms with Crippen LogP contribution in [-0.2, 0) is 16.1 Å². The second-order valence-corrected chi connectivity index (χ2v) is 6.00. The first-order valence-corrected chi connectivity index (χ1v) is 8.43. The van der Waals surface area contributed by atoms with Crippen LogP contribution in [0.3, 0.4) is 0 Å². The van der Waals surface area contributed by atoms with Crippen molar-refractivity contribution in [2.24, 2.45) is 0 Å². The molecule has 1 aromatic heterocycles. The second-order valence-electron chi connectivity index (χ2n) is 5.06. The number of hydrogen-bond donors (Lipinski definition) is 3. The van der Waals surface area contributed by atoms with Crippen LogP contribution in [0, 0.1) is 0 Å². The molecule has 0 saturated carbocycles. The van der Waals surface area contributed by atoms with E-state index in [4.69, 9.17) is 0 Å². The van der Waals surface area contributed by atoms with Crippen LogP contribution in [0.15, 0.2) is 34.2 Å². The first-order chi connectivity index (χ1) is 11.5. The SMILES string of the molecule is CCCn1c(SCC(=O)Nc2ccc(NC(C)=O)cc2)n[nH]c1=O. The van der Waals surface area contributed by atoms with E-state index in [9.17, 15) is 14.4 Å². The van der Waals surface area contributed by atoms with E-state index in [1.54, 1.807) is 24.3 Å². The standard InChI is InChI=1S/C15H19N5O3S/c1-3-8-20-14(23)18-19-15(20)24-9-13(22)17-12-6-4-11(5-7-12)16-10(2)21/h4-7H,3,8-9H2,1-2H3,(H,16,21)(H,17,22)(H,18,23). The zero-order chi connectivity index (χ0) is 17.5. The number of thioether (sulfide) groups is 1. The van der Waals surface area contributed by atoms with Crippen LogP contribution in [0.25, 0.3) is 0 Å². The molecule has 24 heavy (non-hydrogen) atoms. The average molecular weight is 349 g/mol. The highest BCUT2D eigenvalue weighted by Gasteiger charge is 2.11. The molecule has 0 spiro atoms. The Morgan fingerprint density at radius 1 is 1.21 bits per heavy atom. The lowest BCUT2D eigenvalue weighted by molar-refractivity contribution is -0.114. The predicted octanol–water partition coefficient (Wildman–Crippen LogP) is 1.67. The maximum atomic E-state index is 12.0. The van der Waals surface area contributed by atoms with Crippen LogP contribution in [0.4, 0.5) is 11.4 Å². The van der Waals surface area contributed by atoms with Crippen LogP contribution in [0.2, 0.25) is 0 Å². The quantitative estimate of drug-likeness (QED) is 0.659. The summed E-state index contributed by atoms with van der Waals surface area (Å²) in [4.78, 5) is 34.5. The Bertz CT molecular complexity index is 766. The molecule has 0 atom stereocenters. The summed E-state index contributed by atoms with van der Waals surface area (Å²) < 4.78 is 1.51. The van der Waals surface area contributed by atoms with Gasteiger partial charge in [0.25, 0.3) is 0 Å². The number of rotatable bonds is 7. The number of H-pyrrole nitrogens is 1. The van der Waals surface area contributed by atoms with Crippen molar-refractivity contribution >= 4 is 35.0 Å². The molecule has 0 aliphatic carbocycles. The number of amides is 2. The number of aromatic amines is 1. The summed E-state index contributed by atoms with van der Waals surface area (Å²) in [6.07, 6.45) is 0.805. The molecular weight excluding hydrogens is 330 g/mol. The molecule has 1 heterocycles. The molecule has 0 aliphatic rings. The fourth-order valence-corrected chi connectivity index (χ4v) is 2.77. The fourth-order valence-electron chi connectivity index (χ4n) is 2.00. The second kappa shape index (κ2) is 8.34. The Balaban J connectivity index is 1.89. The van der Waals surface area contributed by atoms with E-state index in [0.717, 1.165) is 6.42 Å². The summed E-state index contributed by atoms with van der Waals surface area (Å²) in [7, 11) is 0. The molecule has 0 bridgehead atoms. The van der Waals surface area contributed by atoms with Gasteiger partial charge in [-0.15, -0.1) is 5.10 Å². The summed E-state index contributed by atoms with van der Waals surface area (Å²) in [5.74, 6) is -0.215. The first kappa shape index (κ1) is 17.8. The van der Waals surface area contributed by atoms with E-state index in [0.29, 0.717) is 23.1 Å². The van der Waals surface area contributed by atoms with Crippen LogP contribution < -0.4 is 16.3 Å². The molecule has 128 valence electrons. The lowest BCUT2D eigenvalue weighted by atomic mass is 10.3. The summed E-state index contributed by atoms with van der Waals surface area (Å²) >= 11 is 1.20. The molecular formula is C15H19N5O3S. The molecule has 1 aromatic carbocycles. The lowest BCUT2D eigenvalue weighted by Crippen LogP contribution is -2.18. The molecule has 0 saturated heterocycles. The number of nitrogens with one attached hydrogen (secondary N) is 3. The minimum Gasteiger partial charge on any atom is -0.326 e. The van der Waals surface area contributed by atoms with E-state index in [1.165, 1.54) is 23.3 Å². The summed E-state index contributed by atoms with van der Waals surface area (Å²) in [6, 6.07) is 6.82. The first-order valence-electron chi connectivity index (χ1n) is 7.45. The largest absolute Gasteiger partial charge is 0.343 e. The van der Waals surface area contributed by atoms with Crippen LogP contribution in [0.1, 0.15) is 20.3 Å². The Morgan fingerprint density at radius 3 is 2.42 bits per heavy atom. The molecule has 0 radical (unpaired) electrons. The van der Waals surface area contributed by atoms with Gasteiger partial charge in [0, 0.05) is 24.8 Å². The molecule has 2 rings (SSSR count). The van der Waals surface area contributed by atoms with Crippen LogP contribution in [-0.4, -0.2) is 32.3 Å². The van der Waals surface area contributed by atoms with Gasteiger partial charge in [-0.05, 0) is 30.7 Å². The summed E-state index contributed by atoms with van der Waals surface area (Å²) in [5, 5.41) is 12.2. The molecule has 0 fully saturated rings. The van der Waals surface area contributed by atoms with Crippen molar-refractivity contribution in [1.82, 2.24) is 14.8 Å². The summed E-state index contributed by atoms with van der Waals surface area (Å²) in [6.45, 7) is 3.95. The van der Waals surface area contributed by atoms with Gasteiger partial charge >= 0.3 is 5.69 Å². The van der Waals surface area contributed by atoms with Gasteiger partial charge in [-0.25, -0.2) is 9.89 Å². The van der Waals surface area contributed by atoms with Gasteiger partial charge in [0.15, 0.2) is 5.16 Å². The number of hydrogen-bond acceptors (Lipinski definition) is 5. The van der Waals surface area contributed by atoms with E-state index < -0.39 is 0 Å². The molecule has 2 aromatic rings. The molecule has 9 heteroatoms. The van der Waals surface area contributed by atoms with Crippen LogP contribution in [0.5, 0.6) is 0 Å². The highest BCUT2D eigenvalue weighted by atomic mass is 32.2. The Labute approximate surface area is 143 Å². The number of benzene rings is 1. The maximum Gasteiger partial charge on any atom is 0.343 e. The maximum absolute atomic E-state index is 12.0. The third-order valence-electron chi connectivity index (χ3n) is 2.99. The zero-order valence-corrected chi connectivity index (χ0v) is 14.3. The molecule has 2 amide bonds. The number of anilines is 2. The zero-order valence-electron chi connectivity index (χ0n) is 13.5. The van der Waals surface area contributed by atoms with Crippen LogP contribution >= 0.6 is 11.8 Å². The lowest BCUT2D eigenvalue weighted by Gasteiger charge is -2.07. The van der Waals surface area contributed by atoms with Crippen molar-refractivity contribution in [3.63, 3.8) is 0 Å². The minimum atomic E-state index is -0.270. The third kappa shape index (κ3) is 4.98. The minimum absolute atomic E-state index is 0.140. The van der Waals surface area contributed by atoms with E-state index in [2.05, 4.69) is 20.8 Å². The number of nitrogens with zero attached hydrogens (tertiary/aromatic N) is 2. The topological polar surface area (TPSA) is 109 Å². The third-order valence-corrected chi connectivity index (χ3v) is 3.97. The van der Waals surface area contributed by atoms with Gasteiger partial charge in [-0.3, -0.25) is 14.2 Å². The van der Waals surface area contributed by atoms with Crippen molar-refractivity contribution in [2.45, 2.75) is 32.0 Å². The number of aromatic nitrogens is 3. The van der Waals surface area contributed by atoms with E-state index >= 15 is 0 Å². The number of carbonyl (C=O) groups is 2. The average Bonchev–Trinajstić information content (AvgIpc) is 2.88. The Morgan fingerprint density at radius 2 is 1.83 bits per heavy atom. The van der Waals surface area contributed by atoms with E-state index in [-0.39, 0.29) is 23.3 Å². The van der Waals surface area contributed by atoms with E-state index in [1.807, 2.05) is 6.92 Å². The van der Waals surface area contributed by atoms with Gasteiger partial charge in [0.05, 0.1) is 5.75 Å². The van der Waals surface area contributed by atoms with Crippen molar-refractivity contribution in [2.75, 3.05) is 16.4 Å². The highest BCUT2D eigenvalue weighted by molar-refractivity contribution is 7.99. The van der Waals surface area contributed by atoms with Crippen molar-refractivity contribution in [3.05, 3.63) is 34.7 Å². The monoisotopic (exact) mass is 349 g/mol. The van der Waals surface area contributed by atoms with Crippen molar-refractivity contribution in [1.29, 1.82) is 0 Å². The summed E-state index contributed by atoms with van der Waals surface area (Å²) in [5.41, 5.74) is 1.02. The van der Waals surface area contributed by atoms with Gasteiger partial charge in [-0.1, -0.05) is 18.7 Å². The predicted molar refractivity (Wildman–Crippen MR) is 93.2 cm³/mol. The van der Waals surface area contributed by atoms with Gasteiger partial charge in [-0.2, -0.15) is 0 Å². The molecule has 0 aliphatic heterocycles. The molecule has 0 unspecified atom stereocenters. The smallest absolute Gasteiger partial charge is 0.326 e.